The van der Waals surface area contributed by atoms with Gasteiger partial charge in [0.05, 0.1) is 0 Å². The molecule has 28 heavy (non-hydrogen) atoms. The molecule has 0 radical (unpaired) electrons. The van der Waals surface area contributed by atoms with Crippen molar-refractivity contribution in [2.45, 2.75) is 26.3 Å². The number of nitrogens with zero attached hydrogens (tertiary/aromatic N) is 5. The quantitative estimate of drug-likeness (QED) is 0.708. The molecule has 2 aromatic heterocycles. The Balaban J connectivity index is 1.38. The van der Waals surface area contributed by atoms with Gasteiger partial charge in [-0.15, -0.1) is 10.2 Å². The summed E-state index contributed by atoms with van der Waals surface area (Å²) in [6.07, 6.45) is 4.13. The lowest BCUT2D eigenvalue weighted by Gasteiger charge is -2.31. The molecular formula is C20H23N7O. The highest BCUT2D eigenvalue weighted by atomic mass is 16.1. The van der Waals surface area contributed by atoms with Crippen LogP contribution < -0.4 is 10.2 Å². The van der Waals surface area contributed by atoms with Crippen molar-refractivity contribution in [3.63, 3.8) is 0 Å². The molecule has 1 aromatic carbocycles. The third kappa shape index (κ3) is 4.16. The van der Waals surface area contributed by atoms with Crippen molar-refractivity contribution >= 4 is 11.7 Å². The zero-order valence-electron chi connectivity index (χ0n) is 15.8. The van der Waals surface area contributed by atoms with Crippen LogP contribution in [0, 0.1) is 5.92 Å². The molecule has 4 rings (SSSR count). The number of nitrogens with one attached hydrogen (secondary N) is 2. The summed E-state index contributed by atoms with van der Waals surface area (Å²) < 4.78 is 0. The number of hydrogen-bond donors (Lipinski definition) is 2. The molecule has 0 spiro atoms. The Hall–Kier alpha value is -3.29. The van der Waals surface area contributed by atoms with Crippen molar-refractivity contribution in [1.29, 1.82) is 0 Å². The van der Waals surface area contributed by atoms with Gasteiger partial charge in [0, 0.05) is 37.0 Å². The summed E-state index contributed by atoms with van der Waals surface area (Å²) in [5.74, 6) is 1.98. The Kier molecular flexibility index (Phi) is 5.27. The maximum Gasteiger partial charge on any atom is 0.251 e. The third-order valence-corrected chi connectivity index (χ3v) is 5.00. The number of carbonyl (C=O) groups is 1. The Bertz CT molecular complexity index is 924. The molecule has 3 heterocycles. The van der Waals surface area contributed by atoms with E-state index in [0.29, 0.717) is 23.9 Å². The average molecular weight is 377 g/mol. The lowest BCUT2D eigenvalue weighted by Crippen LogP contribution is -2.35. The summed E-state index contributed by atoms with van der Waals surface area (Å²) in [7, 11) is 0. The molecule has 8 nitrogen and oxygen atoms in total. The average Bonchev–Trinajstić information content (AvgIpc) is 3.27. The van der Waals surface area contributed by atoms with Gasteiger partial charge in [0.25, 0.3) is 5.91 Å². The summed E-state index contributed by atoms with van der Waals surface area (Å²) in [5, 5.41) is 16.9. The van der Waals surface area contributed by atoms with Gasteiger partial charge in [-0.25, -0.2) is 4.98 Å². The lowest BCUT2D eigenvalue weighted by molar-refractivity contribution is 0.0951. The Morgan fingerprint density at radius 3 is 2.89 bits per heavy atom. The number of piperidine rings is 1. The number of hydrogen-bond acceptors (Lipinski definition) is 6. The number of aromatic nitrogens is 5. The number of tetrazole rings is 1. The van der Waals surface area contributed by atoms with Crippen LogP contribution in [-0.2, 0) is 6.54 Å². The fourth-order valence-corrected chi connectivity index (χ4v) is 3.47. The third-order valence-electron chi connectivity index (χ3n) is 5.00. The molecule has 3 aromatic rings. The summed E-state index contributed by atoms with van der Waals surface area (Å²) in [5.41, 5.74) is 2.50. The minimum Gasteiger partial charge on any atom is -0.356 e. The zero-order chi connectivity index (χ0) is 19.3. The number of aromatic amines is 1. The predicted molar refractivity (Wildman–Crippen MR) is 106 cm³/mol. The molecular weight excluding hydrogens is 354 g/mol. The van der Waals surface area contributed by atoms with Crippen molar-refractivity contribution in [2.75, 3.05) is 18.0 Å². The van der Waals surface area contributed by atoms with Crippen molar-refractivity contribution in [1.82, 2.24) is 30.9 Å². The van der Waals surface area contributed by atoms with Crippen molar-refractivity contribution < 1.29 is 4.79 Å². The van der Waals surface area contributed by atoms with Crippen molar-refractivity contribution in [3.8, 4) is 11.4 Å². The number of amides is 1. The van der Waals surface area contributed by atoms with Crippen LogP contribution >= 0.6 is 0 Å². The molecule has 1 amide bonds. The summed E-state index contributed by atoms with van der Waals surface area (Å²) in [4.78, 5) is 19.3. The second kappa shape index (κ2) is 8.16. The molecule has 1 unspecified atom stereocenters. The summed E-state index contributed by atoms with van der Waals surface area (Å²) in [6, 6.07) is 11.3. The number of rotatable bonds is 5. The van der Waals surface area contributed by atoms with Crippen LogP contribution in [0.5, 0.6) is 0 Å². The van der Waals surface area contributed by atoms with Crippen LogP contribution in [0.15, 0.2) is 42.6 Å². The van der Waals surface area contributed by atoms with Crippen LogP contribution in [-0.4, -0.2) is 44.6 Å². The van der Waals surface area contributed by atoms with Gasteiger partial charge in [-0.2, -0.15) is 5.21 Å². The number of benzene rings is 1. The molecule has 0 aliphatic carbocycles. The van der Waals surface area contributed by atoms with Crippen LogP contribution in [0.3, 0.4) is 0 Å². The molecule has 0 saturated carbocycles. The number of anilines is 1. The Morgan fingerprint density at radius 2 is 2.14 bits per heavy atom. The van der Waals surface area contributed by atoms with E-state index >= 15 is 0 Å². The fraction of sp³-hybridized carbons (Fsp3) is 0.350. The van der Waals surface area contributed by atoms with Gasteiger partial charge in [0.15, 0.2) is 0 Å². The highest BCUT2D eigenvalue weighted by Gasteiger charge is 2.18. The SMILES string of the molecule is CC1CCCN(c2cc(C(=O)NCc3ccc(-c4nn[nH]n4)cc3)ccn2)C1. The molecule has 1 fully saturated rings. The molecule has 1 saturated heterocycles. The second-order valence-corrected chi connectivity index (χ2v) is 7.21. The predicted octanol–water partition coefficient (Wildman–Crippen LogP) is 2.43. The molecule has 0 bridgehead atoms. The Morgan fingerprint density at radius 1 is 1.29 bits per heavy atom. The molecule has 1 aliphatic rings. The maximum absolute atomic E-state index is 12.6. The van der Waals surface area contributed by atoms with Gasteiger partial charge < -0.3 is 10.2 Å². The van der Waals surface area contributed by atoms with E-state index in [1.54, 1.807) is 12.3 Å². The highest BCUT2D eigenvalue weighted by molar-refractivity contribution is 5.94. The van der Waals surface area contributed by atoms with Crippen LogP contribution in [0.4, 0.5) is 5.82 Å². The number of H-pyrrole nitrogens is 1. The van der Waals surface area contributed by atoms with E-state index in [2.05, 4.69) is 42.7 Å². The minimum atomic E-state index is -0.101. The first-order valence-corrected chi connectivity index (χ1v) is 9.51. The second-order valence-electron chi connectivity index (χ2n) is 7.21. The summed E-state index contributed by atoms with van der Waals surface area (Å²) in [6.45, 7) is 4.69. The Labute approximate surface area is 163 Å². The molecule has 144 valence electrons. The summed E-state index contributed by atoms with van der Waals surface area (Å²) >= 11 is 0. The molecule has 1 aliphatic heterocycles. The van der Waals surface area contributed by atoms with E-state index in [0.717, 1.165) is 30.0 Å². The normalized spacial score (nSPS) is 16.8. The first-order chi connectivity index (χ1) is 13.7. The fourth-order valence-electron chi connectivity index (χ4n) is 3.47. The largest absolute Gasteiger partial charge is 0.356 e. The van der Waals surface area contributed by atoms with Gasteiger partial charge in [0.2, 0.25) is 5.82 Å². The number of carbonyl (C=O) groups excluding carboxylic acids is 1. The van der Waals surface area contributed by atoms with Crippen molar-refractivity contribution in [3.05, 3.63) is 53.7 Å². The van der Waals surface area contributed by atoms with Crippen LogP contribution in [0.1, 0.15) is 35.7 Å². The monoisotopic (exact) mass is 377 g/mol. The van der Waals surface area contributed by atoms with E-state index in [9.17, 15) is 4.79 Å². The zero-order valence-corrected chi connectivity index (χ0v) is 15.8. The topological polar surface area (TPSA) is 99.7 Å². The van der Waals surface area contributed by atoms with Crippen LogP contribution in [0.2, 0.25) is 0 Å². The van der Waals surface area contributed by atoms with Crippen molar-refractivity contribution in [2.24, 2.45) is 5.92 Å². The first-order valence-electron chi connectivity index (χ1n) is 9.51. The molecule has 8 heteroatoms. The van der Waals surface area contributed by atoms with Gasteiger partial charge in [0.1, 0.15) is 5.82 Å². The molecule has 1 atom stereocenters. The number of pyridine rings is 1. The van der Waals surface area contributed by atoms with E-state index in [1.807, 2.05) is 30.3 Å². The van der Waals surface area contributed by atoms with E-state index in [4.69, 9.17) is 0 Å². The van der Waals surface area contributed by atoms with E-state index < -0.39 is 0 Å². The van der Waals surface area contributed by atoms with E-state index in [-0.39, 0.29) is 5.91 Å². The lowest BCUT2D eigenvalue weighted by atomic mass is 10.0. The highest BCUT2D eigenvalue weighted by Crippen LogP contribution is 2.22. The smallest absolute Gasteiger partial charge is 0.251 e. The van der Waals surface area contributed by atoms with Crippen LogP contribution in [0.25, 0.3) is 11.4 Å². The minimum absolute atomic E-state index is 0.101. The van der Waals surface area contributed by atoms with Gasteiger partial charge >= 0.3 is 0 Å². The van der Waals surface area contributed by atoms with Gasteiger partial charge in [-0.1, -0.05) is 31.2 Å². The van der Waals surface area contributed by atoms with Gasteiger partial charge in [-0.3, -0.25) is 4.79 Å². The van der Waals surface area contributed by atoms with Gasteiger partial charge in [-0.05, 0) is 41.7 Å². The standard InChI is InChI=1S/C20H23N7O/c1-14-3-2-10-27(13-14)18-11-17(8-9-21-18)20(28)22-12-15-4-6-16(7-5-15)19-23-25-26-24-19/h4-9,11,14H,2-3,10,12-13H2,1H3,(H,22,28)(H,23,24,25,26). The first kappa shape index (κ1) is 18.1. The molecule has 2 N–H and O–H groups in total. The maximum atomic E-state index is 12.6. The van der Waals surface area contributed by atoms with E-state index in [1.165, 1.54) is 12.8 Å².